The highest BCUT2D eigenvalue weighted by molar-refractivity contribution is 14.1. The monoisotopic (exact) mass is 255 g/mol. The van der Waals surface area contributed by atoms with Gasteiger partial charge in [-0.25, -0.2) is 5.48 Å². The lowest BCUT2D eigenvalue weighted by Crippen LogP contribution is -2.24. The molecule has 0 unspecified atom stereocenters. The summed E-state index contributed by atoms with van der Waals surface area (Å²) in [7, 11) is 0. The van der Waals surface area contributed by atoms with Crippen LogP contribution in [-0.4, -0.2) is 15.7 Å². The normalized spacial score (nSPS) is 16.3. The van der Waals surface area contributed by atoms with E-state index >= 15 is 0 Å². The van der Waals surface area contributed by atoms with Crippen molar-refractivity contribution in [3.63, 3.8) is 0 Å². The van der Waals surface area contributed by atoms with Crippen LogP contribution in [0.15, 0.2) is 12.7 Å². The molecule has 3 heteroatoms. The first-order valence-electron chi connectivity index (χ1n) is 3.34. The summed E-state index contributed by atoms with van der Waals surface area (Å²) >= 11 is 2.35. The number of allylic oxidation sites excluding steroid dienone is 1. The third-order valence-electron chi connectivity index (χ3n) is 1.47. The maximum absolute atomic E-state index is 8.42. The van der Waals surface area contributed by atoms with Crippen LogP contribution in [0, 0.1) is 5.92 Å². The second kappa shape index (κ2) is 6.12. The molecule has 0 aromatic heterocycles. The van der Waals surface area contributed by atoms with Crippen LogP contribution in [0.25, 0.3) is 0 Å². The van der Waals surface area contributed by atoms with Crippen molar-refractivity contribution in [3.8, 4) is 0 Å². The maximum Gasteiger partial charge on any atom is 0.0248 e. The lowest BCUT2D eigenvalue weighted by molar-refractivity contribution is 0.149. The molecular weight excluding hydrogens is 241 g/mol. The lowest BCUT2D eigenvalue weighted by atomic mass is 10.0. The van der Waals surface area contributed by atoms with Gasteiger partial charge in [-0.05, 0) is 12.3 Å². The molecule has 0 aromatic carbocycles. The van der Waals surface area contributed by atoms with E-state index in [9.17, 15) is 0 Å². The molecule has 0 saturated heterocycles. The quantitative estimate of drug-likeness (QED) is 0.341. The van der Waals surface area contributed by atoms with Crippen LogP contribution in [-0.2, 0) is 0 Å². The molecule has 2 atom stereocenters. The Morgan fingerprint density at radius 1 is 1.80 bits per heavy atom. The molecule has 0 radical (unpaired) electrons. The molecule has 0 fully saturated rings. The first kappa shape index (κ1) is 10.4. The molecule has 0 aromatic rings. The van der Waals surface area contributed by atoms with Crippen molar-refractivity contribution in [1.82, 2.24) is 5.48 Å². The summed E-state index contributed by atoms with van der Waals surface area (Å²) in [5, 5.41) is 8.42. The van der Waals surface area contributed by atoms with Gasteiger partial charge in [-0.2, -0.15) is 0 Å². The van der Waals surface area contributed by atoms with Crippen LogP contribution in [0.5, 0.6) is 0 Å². The Labute approximate surface area is 75.8 Å². The number of hydroxylamine groups is 1. The third-order valence-corrected chi connectivity index (χ3v) is 2.49. The Morgan fingerprint density at radius 3 is 2.70 bits per heavy atom. The summed E-state index contributed by atoms with van der Waals surface area (Å²) in [6.07, 6.45) is 2.84. The minimum absolute atomic E-state index is 0.489. The van der Waals surface area contributed by atoms with Crippen molar-refractivity contribution in [3.05, 3.63) is 12.7 Å². The summed E-state index contributed by atoms with van der Waals surface area (Å²) in [6, 6.07) is 0. The molecule has 0 saturated carbocycles. The van der Waals surface area contributed by atoms with E-state index in [0.29, 0.717) is 16.4 Å². The van der Waals surface area contributed by atoms with Gasteiger partial charge in [0.2, 0.25) is 0 Å². The van der Waals surface area contributed by atoms with E-state index in [4.69, 9.17) is 5.21 Å². The standard InChI is InChI=1S/C7H14INO/c1-3-4-7(5-9-10)6(2)8/h3,6-7,9-10H,1,4-5H2,2H3/t6-,7-/m0/s1. The van der Waals surface area contributed by atoms with Crippen molar-refractivity contribution in [2.24, 2.45) is 5.92 Å². The highest BCUT2D eigenvalue weighted by Gasteiger charge is 2.11. The molecule has 10 heavy (non-hydrogen) atoms. The molecule has 0 bridgehead atoms. The number of rotatable bonds is 5. The van der Waals surface area contributed by atoms with Crippen molar-refractivity contribution < 1.29 is 5.21 Å². The zero-order valence-corrected chi connectivity index (χ0v) is 8.34. The van der Waals surface area contributed by atoms with Gasteiger partial charge < -0.3 is 5.21 Å². The highest BCUT2D eigenvalue weighted by atomic mass is 127. The van der Waals surface area contributed by atoms with Crippen molar-refractivity contribution in [1.29, 1.82) is 0 Å². The van der Waals surface area contributed by atoms with Crippen LogP contribution in [0.1, 0.15) is 13.3 Å². The predicted octanol–water partition coefficient (Wildman–Crippen LogP) is 1.98. The fourth-order valence-corrected chi connectivity index (χ4v) is 1.31. The van der Waals surface area contributed by atoms with E-state index in [0.717, 1.165) is 6.42 Å². The first-order valence-corrected chi connectivity index (χ1v) is 4.58. The van der Waals surface area contributed by atoms with E-state index in [1.54, 1.807) is 0 Å². The average molecular weight is 255 g/mol. The van der Waals surface area contributed by atoms with Crippen LogP contribution in [0.4, 0.5) is 0 Å². The lowest BCUT2D eigenvalue weighted by Gasteiger charge is -2.15. The minimum atomic E-state index is 0.489. The van der Waals surface area contributed by atoms with Gasteiger partial charge in [0.05, 0.1) is 0 Å². The van der Waals surface area contributed by atoms with Gasteiger partial charge in [0.1, 0.15) is 0 Å². The van der Waals surface area contributed by atoms with Gasteiger partial charge in [0.25, 0.3) is 0 Å². The summed E-state index contributed by atoms with van der Waals surface area (Å²) in [5.74, 6) is 0.489. The van der Waals surface area contributed by atoms with Crippen molar-refractivity contribution >= 4 is 22.6 Å². The van der Waals surface area contributed by atoms with Crippen molar-refractivity contribution in [2.75, 3.05) is 6.54 Å². The predicted molar refractivity (Wildman–Crippen MR) is 51.6 cm³/mol. The molecule has 0 aliphatic heterocycles. The zero-order chi connectivity index (χ0) is 7.98. The molecule has 0 spiro atoms. The summed E-state index contributed by atoms with van der Waals surface area (Å²) in [4.78, 5) is 0. The van der Waals surface area contributed by atoms with Gasteiger partial charge in [0, 0.05) is 10.5 Å². The second-order valence-corrected chi connectivity index (χ2v) is 4.29. The molecule has 2 N–H and O–H groups in total. The Kier molecular flexibility index (Phi) is 6.36. The Hall–Kier alpha value is 0.390. The van der Waals surface area contributed by atoms with Gasteiger partial charge in [-0.1, -0.05) is 35.6 Å². The fraction of sp³-hybridized carbons (Fsp3) is 0.714. The molecule has 0 aliphatic rings. The molecule has 0 amide bonds. The number of hydrogen-bond acceptors (Lipinski definition) is 2. The smallest absolute Gasteiger partial charge is 0.0248 e. The summed E-state index contributed by atoms with van der Waals surface area (Å²) in [5.41, 5.74) is 2.18. The number of nitrogens with one attached hydrogen (secondary N) is 1. The average Bonchev–Trinajstić information content (AvgIpc) is 1.87. The molecule has 0 aliphatic carbocycles. The van der Waals surface area contributed by atoms with E-state index in [1.165, 1.54) is 0 Å². The van der Waals surface area contributed by atoms with Gasteiger partial charge in [0.15, 0.2) is 0 Å². The molecule has 0 rings (SSSR count). The van der Waals surface area contributed by atoms with E-state index in [1.807, 2.05) is 6.08 Å². The van der Waals surface area contributed by atoms with Crippen LogP contribution >= 0.6 is 22.6 Å². The Morgan fingerprint density at radius 2 is 2.40 bits per heavy atom. The maximum atomic E-state index is 8.42. The topological polar surface area (TPSA) is 32.3 Å². The van der Waals surface area contributed by atoms with Crippen LogP contribution < -0.4 is 5.48 Å². The highest BCUT2D eigenvalue weighted by Crippen LogP contribution is 2.15. The third kappa shape index (κ3) is 4.24. The Balaban J connectivity index is 3.60. The van der Waals surface area contributed by atoms with Gasteiger partial charge in [-0.3, -0.25) is 0 Å². The van der Waals surface area contributed by atoms with E-state index < -0.39 is 0 Å². The zero-order valence-electron chi connectivity index (χ0n) is 6.18. The number of alkyl halides is 1. The molecule has 2 nitrogen and oxygen atoms in total. The first-order chi connectivity index (χ1) is 4.72. The summed E-state index contributed by atoms with van der Waals surface area (Å²) in [6.45, 7) is 6.43. The molecular formula is C7H14INO. The van der Waals surface area contributed by atoms with Crippen molar-refractivity contribution in [2.45, 2.75) is 17.3 Å². The molecule has 60 valence electrons. The number of hydrogen-bond donors (Lipinski definition) is 2. The van der Waals surface area contributed by atoms with E-state index in [-0.39, 0.29) is 0 Å². The van der Waals surface area contributed by atoms with Gasteiger partial charge in [-0.15, -0.1) is 6.58 Å². The van der Waals surface area contributed by atoms with Gasteiger partial charge >= 0.3 is 0 Å². The number of halogens is 1. The van der Waals surface area contributed by atoms with E-state index in [2.05, 4.69) is 41.6 Å². The summed E-state index contributed by atoms with van der Waals surface area (Å²) < 4.78 is 0.565. The SMILES string of the molecule is C=CC[C@@H](CNO)[C@H](C)I. The fourth-order valence-electron chi connectivity index (χ4n) is 0.765. The second-order valence-electron chi connectivity index (χ2n) is 2.32. The van der Waals surface area contributed by atoms with Crippen LogP contribution in [0.2, 0.25) is 0 Å². The van der Waals surface area contributed by atoms with Crippen LogP contribution in [0.3, 0.4) is 0 Å². The molecule has 0 heterocycles. The largest absolute Gasteiger partial charge is 0.317 e. The Bertz CT molecular complexity index is 95.6. The minimum Gasteiger partial charge on any atom is -0.317 e.